The van der Waals surface area contributed by atoms with Crippen molar-refractivity contribution >= 4 is 6.03 Å². The molecule has 2 heterocycles. The van der Waals surface area contributed by atoms with Crippen LogP contribution in [0.2, 0.25) is 0 Å². The van der Waals surface area contributed by atoms with Gasteiger partial charge < -0.3 is 10.6 Å². The van der Waals surface area contributed by atoms with Crippen LogP contribution in [0.3, 0.4) is 0 Å². The number of carbonyl (C=O) groups excluding carboxylic acids is 1. The first-order chi connectivity index (χ1) is 11.3. The van der Waals surface area contributed by atoms with Gasteiger partial charge in [-0.3, -0.25) is 4.57 Å². The highest BCUT2D eigenvalue weighted by molar-refractivity contribution is 5.73. The summed E-state index contributed by atoms with van der Waals surface area (Å²) >= 11 is 0. The van der Waals surface area contributed by atoms with Crippen molar-refractivity contribution in [2.45, 2.75) is 13.1 Å². The number of nitrogens with zero attached hydrogens (tertiary/aromatic N) is 3. The van der Waals surface area contributed by atoms with Gasteiger partial charge in [-0.05, 0) is 17.2 Å². The zero-order chi connectivity index (χ0) is 15.9. The monoisotopic (exact) mass is 307 g/mol. The normalized spacial score (nSPS) is 10.3. The van der Waals surface area contributed by atoms with Gasteiger partial charge in [0.1, 0.15) is 12.1 Å². The molecule has 0 unspecified atom stereocenters. The molecular formula is C17H17N5O. The van der Waals surface area contributed by atoms with Crippen molar-refractivity contribution in [3.05, 3.63) is 78.5 Å². The van der Waals surface area contributed by atoms with E-state index in [4.69, 9.17) is 0 Å². The standard InChI is InChI=1S/C17H17N5O/c23-17(20-10-14-4-2-1-3-5-14)21-12-15-6-7-16(19-11-15)22-9-8-18-13-22/h1-9,11,13H,10,12H2,(H2,20,21,23). The second-order valence-corrected chi connectivity index (χ2v) is 5.02. The molecule has 116 valence electrons. The Bertz CT molecular complexity index is 738. The van der Waals surface area contributed by atoms with Crippen LogP contribution in [0.5, 0.6) is 0 Å². The lowest BCUT2D eigenvalue weighted by Crippen LogP contribution is -2.34. The average molecular weight is 307 g/mol. The fourth-order valence-electron chi connectivity index (χ4n) is 2.09. The van der Waals surface area contributed by atoms with Crippen LogP contribution in [-0.4, -0.2) is 20.6 Å². The Kier molecular flexibility index (Phi) is 4.63. The summed E-state index contributed by atoms with van der Waals surface area (Å²) in [5.74, 6) is 0.791. The number of imidazole rings is 1. The van der Waals surface area contributed by atoms with E-state index in [0.29, 0.717) is 13.1 Å². The molecule has 6 heteroatoms. The summed E-state index contributed by atoms with van der Waals surface area (Å²) in [5.41, 5.74) is 2.00. The third-order valence-corrected chi connectivity index (χ3v) is 3.33. The van der Waals surface area contributed by atoms with Crippen molar-refractivity contribution in [3.8, 4) is 5.82 Å². The largest absolute Gasteiger partial charge is 0.334 e. The van der Waals surface area contributed by atoms with Crippen LogP contribution in [0.4, 0.5) is 4.79 Å². The maximum atomic E-state index is 11.8. The number of nitrogens with one attached hydrogen (secondary N) is 2. The Balaban J connectivity index is 1.47. The first-order valence-electron chi connectivity index (χ1n) is 7.30. The number of rotatable bonds is 5. The van der Waals surface area contributed by atoms with Crippen LogP contribution in [0.25, 0.3) is 5.82 Å². The van der Waals surface area contributed by atoms with E-state index in [9.17, 15) is 4.79 Å². The summed E-state index contributed by atoms with van der Waals surface area (Å²) in [5, 5.41) is 5.63. The van der Waals surface area contributed by atoms with Gasteiger partial charge in [-0.1, -0.05) is 36.4 Å². The van der Waals surface area contributed by atoms with E-state index in [1.165, 1.54) is 0 Å². The van der Waals surface area contributed by atoms with Crippen molar-refractivity contribution < 1.29 is 4.79 Å². The van der Waals surface area contributed by atoms with E-state index >= 15 is 0 Å². The number of amides is 2. The lowest BCUT2D eigenvalue weighted by atomic mass is 10.2. The molecule has 3 aromatic rings. The number of urea groups is 1. The fourth-order valence-corrected chi connectivity index (χ4v) is 2.09. The molecule has 0 fully saturated rings. The van der Waals surface area contributed by atoms with Crippen LogP contribution in [-0.2, 0) is 13.1 Å². The van der Waals surface area contributed by atoms with Gasteiger partial charge in [-0.15, -0.1) is 0 Å². The van der Waals surface area contributed by atoms with Crippen LogP contribution in [0.1, 0.15) is 11.1 Å². The van der Waals surface area contributed by atoms with Gasteiger partial charge in [0.05, 0.1) is 0 Å². The van der Waals surface area contributed by atoms with Crippen LogP contribution < -0.4 is 10.6 Å². The average Bonchev–Trinajstić information content (AvgIpc) is 3.14. The van der Waals surface area contributed by atoms with Crippen molar-refractivity contribution in [1.29, 1.82) is 0 Å². The first kappa shape index (κ1) is 14.8. The van der Waals surface area contributed by atoms with Crippen LogP contribution in [0.15, 0.2) is 67.4 Å². The number of hydrogen-bond donors (Lipinski definition) is 2. The first-order valence-corrected chi connectivity index (χ1v) is 7.30. The number of benzene rings is 1. The second-order valence-electron chi connectivity index (χ2n) is 5.02. The smallest absolute Gasteiger partial charge is 0.315 e. The molecule has 1 aromatic carbocycles. The van der Waals surface area contributed by atoms with Gasteiger partial charge >= 0.3 is 6.03 Å². The van der Waals surface area contributed by atoms with Gasteiger partial charge in [-0.25, -0.2) is 14.8 Å². The number of carbonyl (C=O) groups is 1. The van der Waals surface area contributed by atoms with E-state index in [1.807, 2.05) is 53.2 Å². The van der Waals surface area contributed by atoms with Crippen LogP contribution in [0, 0.1) is 0 Å². The van der Waals surface area contributed by atoms with Crippen LogP contribution >= 0.6 is 0 Å². The highest BCUT2D eigenvalue weighted by Crippen LogP contribution is 2.05. The van der Waals surface area contributed by atoms with E-state index in [0.717, 1.165) is 16.9 Å². The highest BCUT2D eigenvalue weighted by Gasteiger charge is 2.02. The SMILES string of the molecule is O=C(NCc1ccccc1)NCc1ccc(-n2ccnc2)nc1. The maximum Gasteiger partial charge on any atom is 0.315 e. The summed E-state index contributed by atoms with van der Waals surface area (Å²) in [7, 11) is 0. The summed E-state index contributed by atoms with van der Waals surface area (Å²) in [6.07, 6.45) is 6.97. The molecule has 3 rings (SSSR count). The highest BCUT2D eigenvalue weighted by atomic mass is 16.2. The topological polar surface area (TPSA) is 71.8 Å². The molecule has 2 N–H and O–H groups in total. The predicted octanol–water partition coefficient (Wildman–Crippen LogP) is 2.27. The lowest BCUT2D eigenvalue weighted by Gasteiger charge is -2.08. The van der Waals surface area contributed by atoms with E-state index < -0.39 is 0 Å². The molecule has 0 saturated carbocycles. The molecule has 2 amide bonds. The Morgan fingerprint density at radius 3 is 2.43 bits per heavy atom. The summed E-state index contributed by atoms with van der Waals surface area (Å²) < 4.78 is 1.82. The third-order valence-electron chi connectivity index (χ3n) is 3.33. The number of aromatic nitrogens is 3. The van der Waals surface area contributed by atoms with Gasteiger partial charge in [0.25, 0.3) is 0 Å². The zero-order valence-corrected chi connectivity index (χ0v) is 12.5. The quantitative estimate of drug-likeness (QED) is 0.759. The maximum absolute atomic E-state index is 11.8. The molecule has 0 atom stereocenters. The molecule has 0 saturated heterocycles. The second kappa shape index (κ2) is 7.22. The van der Waals surface area contributed by atoms with Crippen molar-refractivity contribution in [3.63, 3.8) is 0 Å². The molecule has 0 aliphatic rings. The molecule has 0 bridgehead atoms. The lowest BCUT2D eigenvalue weighted by molar-refractivity contribution is 0.240. The van der Waals surface area contributed by atoms with Crippen molar-refractivity contribution in [2.75, 3.05) is 0 Å². The van der Waals surface area contributed by atoms with Gasteiger partial charge in [0, 0.05) is 31.7 Å². The summed E-state index contributed by atoms with van der Waals surface area (Å²) in [4.78, 5) is 20.1. The Morgan fingerprint density at radius 1 is 1.00 bits per heavy atom. The van der Waals surface area contributed by atoms with E-state index in [-0.39, 0.29) is 6.03 Å². The summed E-state index contributed by atoms with van der Waals surface area (Å²) in [6.45, 7) is 0.933. The molecule has 0 spiro atoms. The van der Waals surface area contributed by atoms with E-state index in [1.54, 1.807) is 18.7 Å². The Morgan fingerprint density at radius 2 is 1.78 bits per heavy atom. The minimum Gasteiger partial charge on any atom is -0.334 e. The molecule has 0 aliphatic carbocycles. The molecule has 6 nitrogen and oxygen atoms in total. The predicted molar refractivity (Wildman–Crippen MR) is 86.9 cm³/mol. The van der Waals surface area contributed by atoms with Gasteiger partial charge in [-0.2, -0.15) is 0 Å². The van der Waals surface area contributed by atoms with Crippen molar-refractivity contribution in [2.24, 2.45) is 0 Å². The zero-order valence-electron chi connectivity index (χ0n) is 12.5. The number of hydrogen-bond acceptors (Lipinski definition) is 3. The Labute approximate surface area is 134 Å². The Hall–Kier alpha value is -3.15. The van der Waals surface area contributed by atoms with E-state index in [2.05, 4.69) is 20.6 Å². The minimum absolute atomic E-state index is 0.201. The molecule has 0 aliphatic heterocycles. The van der Waals surface area contributed by atoms with Gasteiger partial charge in [0.15, 0.2) is 0 Å². The molecule has 2 aromatic heterocycles. The van der Waals surface area contributed by atoms with Crippen molar-refractivity contribution in [1.82, 2.24) is 25.2 Å². The minimum atomic E-state index is -0.201. The molecule has 0 radical (unpaired) electrons. The third kappa shape index (κ3) is 4.16. The molecular weight excluding hydrogens is 290 g/mol. The fraction of sp³-hybridized carbons (Fsp3) is 0.118. The number of pyridine rings is 1. The summed E-state index contributed by atoms with van der Waals surface area (Å²) in [6, 6.07) is 13.4. The molecule has 23 heavy (non-hydrogen) atoms. The van der Waals surface area contributed by atoms with Gasteiger partial charge in [0.2, 0.25) is 0 Å².